The van der Waals surface area contributed by atoms with Gasteiger partial charge in [0.1, 0.15) is 5.71 Å². The van der Waals surface area contributed by atoms with Crippen LogP contribution in [0.2, 0.25) is 0 Å². The van der Waals surface area contributed by atoms with Crippen molar-refractivity contribution in [1.82, 2.24) is 4.90 Å². The molecule has 1 N–H and O–H groups in total. The number of nitrogens with one attached hydrogen (secondary N) is 1. The Balaban J connectivity index is 1.72. The van der Waals surface area contributed by atoms with Gasteiger partial charge in [-0.15, -0.1) is 6.42 Å². The predicted octanol–water partition coefficient (Wildman–Crippen LogP) is 2.86. The molecule has 0 aliphatic carbocycles. The minimum atomic E-state index is -0.393. The fraction of sp³-hybridized carbons (Fsp3) is 0.250. The van der Waals surface area contributed by atoms with Crippen LogP contribution >= 0.6 is 0 Å². The number of carbonyl (C=O) groups is 3. The lowest BCUT2D eigenvalue weighted by Gasteiger charge is -2.26. The number of aryl methyl sites for hydroxylation is 2. The van der Waals surface area contributed by atoms with E-state index in [0.29, 0.717) is 16.9 Å². The lowest BCUT2D eigenvalue weighted by atomic mass is 10.1. The highest BCUT2D eigenvalue weighted by Crippen LogP contribution is 2.25. The first-order chi connectivity index (χ1) is 14.8. The maximum absolute atomic E-state index is 12.9. The van der Waals surface area contributed by atoms with Gasteiger partial charge in [-0.2, -0.15) is 5.10 Å². The van der Waals surface area contributed by atoms with Gasteiger partial charge in [0, 0.05) is 31.1 Å². The molecule has 2 aromatic carbocycles. The van der Waals surface area contributed by atoms with Gasteiger partial charge in [-0.1, -0.05) is 24.1 Å². The van der Waals surface area contributed by atoms with Gasteiger partial charge >= 0.3 is 0 Å². The van der Waals surface area contributed by atoms with Gasteiger partial charge < -0.3 is 10.2 Å². The summed E-state index contributed by atoms with van der Waals surface area (Å²) in [6.07, 6.45) is 5.79. The molecular formula is C24H24N4O3. The molecule has 0 aromatic heterocycles. The van der Waals surface area contributed by atoms with Crippen molar-refractivity contribution in [2.24, 2.45) is 5.10 Å². The standard InChI is InChI=1S/C24H24N4O3/c1-5-18-7-6-8-19(14-18)25-22(29)15-27(4)24(31)20-11-12-23(30)28(26-20)21-13-16(2)9-10-17(21)3/h1,6-10,13-14H,11-12,15H2,2-4H3,(H,25,29). The summed E-state index contributed by atoms with van der Waals surface area (Å²) in [6, 6.07) is 12.6. The Bertz CT molecular complexity index is 1110. The first-order valence-corrected chi connectivity index (χ1v) is 9.88. The van der Waals surface area contributed by atoms with E-state index >= 15 is 0 Å². The van der Waals surface area contributed by atoms with Gasteiger partial charge in [-0.05, 0) is 49.2 Å². The van der Waals surface area contributed by atoms with Crippen molar-refractivity contribution < 1.29 is 14.4 Å². The zero-order chi connectivity index (χ0) is 22.5. The second-order valence-corrected chi connectivity index (χ2v) is 7.48. The van der Waals surface area contributed by atoms with Gasteiger partial charge in [0.25, 0.3) is 5.91 Å². The maximum Gasteiger partial charge on any atom is 0.270 e. The fourth-order valence-electron chi connectivity index (χ4n) is 3.24. The maximum atomic E-state index is 12.9. The van der Waals surface area contributed by atoms with Crippen LogP contribution < -0.4 is 10.3 Å². The van der Waals surface area contributed by atoms with Crippen LogP contribution in [-0.2, 0) is 14.4 Å². The lowest BCUT2D eigenvalue weighted by molar-refractivity contribution is -0.128. The summed E-state index contributed by atoms with van der Waals surface area (Å²) < 4.78 is 0. The summed E-state index contributed by atoms with van der Waals surface area (Å²) in [5.41, 5.74) is 3.98. The SMILES string of the molecule is C#Cc1cccc(NC(=O)CN(C)C(=O)C2=NN(c3cc(C)ccc3C)C(=O)CC2)c1. The van der Waals surface area contributed by atoms with E-state index < -0.39 is 5.91 Å². The van der Waals surface area contributed by atoms with E-state index in [1.54, 1.807) is 24.3 Å². The summed E-state index contributed by atoms with van der Waals surface area (Å²) >= 11 is 0. The predicted molar refractivity (Wildman–Crippen MR) is 121 cm³/mol. The topological polar surface area (TPSA) is 82.1 Å². The highest BCUT2D eigenvalue weighted by molar-refractivity contribution is 6.40. The third kappa shape index (κ3) is 5.17. The first-order valence-electron chi connectivity index (χ1n) is 9.88. The van der Waals surface area contributed by atoms with Crippen molar-refractivity contribution in [3.63, 3.8) is 0 Å². The van der Waals surface area contributed by atoms with Crippen LogP contribution in [0.3, 0.4) is 0 Å². The number of carbonyl (C=O) groups excluding carboxylic acids is 3. The van der Waals surface area contributed by atoms with E-state index in [4.69, 9.17) is 6.42 Å². The van der Waals surface area contributed by atoms with Crippen LogP contribution in [0, 0.1) is 26.2 Å². The Morgan fingerprint density at radius 1 is 1.19 bits per heavy atom. The second kappa shape index (κ2) is 9.26. The molecule has 0 fully saturated rings. The monoisotopic (exact) mass is 416 g/mol. The molecule has 31 heavy (non-hydrogen) atoms. The molecule has 0 atom stereocenters. The van der Waals surface area contributed by atoms with Crippen molar-refractivity contribution in [1.29, 1.82) is 0 Å². The number of nitrogens with zero attached hydrogens (tertiary/aromatic N) is 3. The smallest absolute Gasteiger partial charge is 0.270 e. The molecule has 0 saturated heterocycles. The summed E-state index contributed by atoms with van der Waals surface area (Å²) in [4.78, 5) is 39.0. The number of hydrogen-bond donors (Lipinski definition) is 1. The normalized spacial score (nSPS) is 13.3. The van der Waals surface area contributed by atoms with Crippen molar-refractivity contribution >= 4 is 34.8 Å². The molecule has 7 nitrogen and oxygen atoms in total. The molecule has 0 unspecified atom stereocenters. The Morgan fingerprint density at radius 2 is 1.97 bits per heavy atom. The highest BCUT2D eigenvalue weighted by Gasteiger charge is 2.28. The molecule has 0 bridgehead atoms. The number of amides is 3. The number of anilines is 2. The van der Waals surface area contributed by atoms with Crippen LogP contribution in [-0.4, -0.2) is 41.9 Å². The number of likely N-dealkylation sites (N-methyl/N-ethyl adjacent to an activating group) is 1. The molecule has 158 valence electrons. The Labute approximate surface area is 181 Å². The zero-order valence-corrected chi connectivity index (χ0v) is 17.8. The summed E-state index contributed by atoms with van der Waals surface area (Å²) in [5.74, 6) is 1.59. The molecule has 1 aliphatic heterocycles. The lowest BCUT2D eigenvalue weighted by Crippen LogP contribution is -2.42. The van der Waals surface area contributed by atoms with Crippen molar-refractivity contribution in [3.05, 3.63) is 59.2 Å². The minimum absolute atomic E-state index is 0.157. The molecule has 7 heteroatoms. The molecule has 0 spiro atoms. The van der Waals surface area contributed by atoms with Gasteiger partial charge in [0.15, 0.2) is 0 Å². The Morgan fingerprint density at radius 3 is 2.71 bits per heavy atom. The zero-order valence-electron chi connectivity index (χ0n) is 17.8. The first kappa shape index (κ1) is 21.8. The van der Waals surface area contributed by atoms with E-state index in [2.05, 4.69) is 16.3 Å². The third-order valence-electron chi connectivity index (χ3n) is 4.91. The van der Waals surface area contributed by atoms with Crippen LogP contribution in [0.4, 0.5) is 11.4 Å². The fourth-order valence-corrected chi connectivity index (χ4v) is 3.24. The van der Waals surface area contributed by atoms with Gasteiger partial charge in [0.05, 0.1) is 12.2 Å². The van der Waals surface area contributed by atoms with E-state index in [1.165, 1.54) is 17.0 Å². The molecule has 3 rings (SSSR count). The number of benzene rings is 2. The minimum Gasteiger partial charge on any atom is -0.331 e. The van der Waals surface area contributed by atoms with Crippen molar-refractivity contribution in [2.45, 2.75) is 26.7 Å². The van der Waals surface area contributed by atoms with E-state index in [-0.39, 0.29) is 36.9 Å². The molecule has 2 aromatic rings. The van der Waals surface area contributed by atoms with Gasteiger partial charge in [0.2, 0.25) is 11.8 Å². The van der Waals surface area contributed by atoms with Gasteiger partial charge in [-0.25, -0.2) is 5.01 Å². The van der Waals surface area contributed by atoms with Crippen LogP contribution in [0.25, 0.3) is 0 Å². The molecule has 0 radical (unpaired) electrons. The van der Waals surface area contributed by atoms with Crippen molar-refractivity contribution in [2.75, 3.05) is 23.9 Å². The molecule has 0 saturated carbocycles. The van der Waals surface area contributed by atoms with E-state index in [0.717, 1.165) is 11.1 Å². The number of hydrazone groups is 1. The van der Waals surface area contributed by atoms with Crippen molar-refractivity contribution in [3.8, 4) is 12.3 Å². The number of rotatable bonds is 5. The van der Waals surface area contributed by atoms with E-state index in [9.17, 15) is 14.4 Å². The third-order valence-corrected chi connectivity index (χ3v) is 4.91. The molecule has 1 heterocycles. The molecular weight excluding hydrogens is 392 g/mol. The quantitative estimate of drug-likeness (QED) is 0.761. The van der Waals surface area contributed by atoms with Crippen LogP contribution in [0.1, 0.15) is 29.5 Å². The second-order valence-electron chi connectivity index (χ2n) is 7.48. The average molecular weight is 416 g/mol. The molecule has 3 amide bonds. The average Bonchev–Trinajstić information content (AvgIpc) is 2.75. The number of terminal acetylenes is 1. The number of hydrogen-bond acceptors (Lipinski definition) is 4. The Kier molecular flexibility index (Phi) is 6.51. The van der Waals surface area contributed by atoms with E-state index in [1.807, 2.05) is 32.0 Å². The van der Waals surface area contributed by atoms with Crippen LogP contribution in [0.15, 0.2) is 47.6 Å². The molecule has 1 aliphatic rings. The largest absolute Gasteiger partial charge is 0.331 e. The summed E-state index contributed by atoms with van der Waals surface area (Å²) in [7, 11) is 1.53. The summed E-state index contributed by atoms with van der Waals surface area (Å²) in [5, 5.41) is 8.34. The van der Waals surface area contributed by atoms with Gasteiger partial charge in [-0.3, -0.25) is 14.4 Å². The summed E-state index contributed by atoms with van der Waals surface area (Å²) in [6.45, 7) is 3.66. The Hall–Kier alpha value is -3.92. The highest BCUT2D eigenvalue weighted by atomic mass is 16.2. The van der Waals surface area contributed by atoms with Crippen LogP contribution in [0.5, 0.6) is 0 Å².